The summed E-state index contributed by atoms with van der Waals surface area (Å²) in [6, 6.07) is 1.35. The predicted octanol–water partition coefficient (Wildman–Crippen LogP) is 1.85. The average molecular weight is 398 g/mol. The first kappa shape index (κ1) is 23.2. The van der Waals surface area contributed by atoms with Crippen LogP contribution in [0.3, 0.4) is 0 Å². The number of carbonyl (C=O) groups excluding carboxylic acids is 4. The summed E-state index contributed by atoms with van der Waals surface area (Å²) < 4.78 is 25.2. The molecule has 0 saturated carbocycles. The molecule has 0 atom stereocenters. The van der Waals surface area contributed by atoms with E-state index in [0.29, 0.717) is 0 Å². The van der Waals surface area contributed by atoms with Crippen molar-refractivity contribution < 1.29 is 42.5 Å². The van der Waals surface area contributed by atoms with Gasteiger partial charge in [0.2, 0.25) is 0 Å². The molecule has 1 aromatic heterocycles. The molecule has 0 aromatic carbocycles. The van der Waals surface area contributed by atoms with Crippen LogP contribution >= 0.6 is 0 Å². The van der Waals surface area contributed by atoms with Crippen LogP contribution in [0.1, 0.15) is 49.6 Å². The predicted molar refractivity (Wildman–Crippen MR) is 95.5 cm³/mol. The molecule has 0 spiro atoms. The van der Waals surface area contributed by atoms with E-state index in [2.05, 4.69) is 0 Å². The number of esters is 4. The van der Waals surface area contributed by atoms with Crippen molar-refractivity contribution in [2.24, 2.45) is 5.92 Å². The van der Waals surface area contributed by atoms with Gasteiger partial charge in [-0.05, 0) is 33.8 Å². The molecule has 9 heteroatoms. The Hall–Kier alpha value is -2.84. The van der Waals surface area contributed by atoms with Crippen molar-refractivity contribution in [1.82, 2.24) is 0 Å². The number of ether oxygens (including phenoxy) is 4. The van der Waals surface area contributed by atoms with Crippen molar-refractivity contribution in [2.75, 3.05) is 26.4 Å². The molecule has 0 aliphatic rings. The normalized spacial score (nSPS) is 10.5. The van der Waals surface area contributed by atoms with Crippen molar-refractivity contribution >= 4 is 23.9 Å². The van der Waals surface area contributed by atoms with E-state index in [1.54, 1.807) is 27.7 Å². The van der Waals surface area contributed by atoms with Crippen LogP contribution in [0.5, 0.6) is 0 Å². The second-order valence-electron chi connectivity index (χ2n) is 5.51. The van der Waals surface area contributed by atoms with Gasteiger partial charge in [-0.1, -0.05) is 0 Å². The average Bonchev–Trinajstić information content (AvgIpc) is 3.02. The number of carbonyl (C=O) groups is 4. The minimum atomic E-state index is -1.25. The van der Waals surface area contributed by atoms with Gasteiger partial charge in [0, 0.05) is 6.42 Å². The van der Waals surface area contributed by atoms with Gasteiger partial charge in [0.15, 0.2) is 5.92 Å². The first-order valence-corrected chi connectivity index (χ1v) is 9.15. The fourth-order valence-corrected chi connectivity index (χ4v) is 2.39. The van der Waals surface area contributed by atoms with Crippen LogP contribution in [-0.4, -0.2) is 50.3 Å². The summed E-state index contributed by atoms with van der Waals surface area (Å²) in [5, 5.41) is 0. The Labute approximate surface area is 163 Å². The lowest BCUT2D eigenvalue weighted by Gasteiger charge is -2.13. The maximum atomic E-state index is 12.2. The first-order valence-electron chi connectivity index (χ1n) is 9.15. The van der Waals surface area contributed by atoms with Crippen LogP contribution < -0.4 is 0 Å². The third kappa shape index (κ3) is 6.71. The smallest absolute Gasteiger partial charge is 0.341 e. The van der Waals surface area contributed by atoms with Crippen molar-refractivity contribution in [3.05, 3.63) is 23.2 Å². The second-order valence-corrected chi connectivity index (χ2v) is 5.51. The summed E-state index contributed by atoms with van der Waals surface area (Å²) in [4.78, 5) is 48.2. The summed E-state index contributed by atoms with van der Waals surface area (Å²) >= 11 is 0. The van der Waals surface area contributed by atoms with E-state index in [9.17, 15) is 19.2 Å². The van der Waals surface area contributed by atoms with E-state index in [1.165, 1.54) is 6.07 Å². The monoisotopic (exact) mass is 398 g/mol. The van der Waals surface area contributed by atoms with Crippen molar-refractivity contribution in [3.8, 4) is 0 Å². The highest BCUT2D eigenvalue weighted by Crippen LogP contribution is 2.22. The standard InChI is InChI=1S/C19H26O9/c1-5-24-16(20)11-15-13(17(21)25-6-2)9-12(28-15)10-14(18(22)26-7-3)19(23)27-8-4/h9,14H,5-8,10-11H2,1-4H3. The summed E-state index contributed by atoms with van der Waals surface area (Å²) in [5.41, 5.74) is 0.0383. The first-order chi connectivity index (χ1) is 13.4. The minimum Gasteiger partial charge on any atom is -0.466 e. The minimum absolute atomic E-state index is 0.0383. The SMILES string of the molecule is CCOC(=O)Cc1oc(CC(C(=O)OCC)C(=O)OCC)cc1C(=O)OCC. The summed E-state index contributed by atoms with van der Waals surface area (Å²) in [6.07, 6.45) is -0.474. The number of hydrogen-bond acceptors (Lipinski definition) is 9. The Kier molecular flexibility index (Phi) is 9.76. The zero-order valence-corrected chi connectivity index (χ0v) is 16.6. The topological polar surface area (TPSA) is 118 Å². The molecule has 156 valence electrons. The molecule has 1 rings (SSSR count). The molecule has 0 aliphatic heterocycles. The molecular formula is C19H26O9. The van der Waals surface area contributed by atoms with Gasteiger partial charge < -0.3 is 23.4 Å². The molecule has 0 N–H and O–H groups in total. The Morgan fingerprint density at radius 3 is 1.89 bits per heavy atom. The van der Waals surface area contributed by atoms with Crippen LogP contribution in [-0.2, 0) is 46.2 Å². The van der Waals surface area contributed by atoms with Crippen molar-refractivity contribution in [3.63, 3.8) is 0 Å². The van der Waals surface area contributed by atoms with Gasteiger partial charge in [0.25, 0.3) is 0 Å². The molecule has 0 amide bonds. The molecular weight excluding hydrogens is 372 g/mol. The van der Waals surface area contributed by atoms with Gasteiger partial charge in [0.05, 0.1) is 26.4 Å². The highest BCUT2D eigenvalue weighted by molar-refractivity contribution is 5.95. The fourth-order valence-electron chi connectivity index (χ4n) is 2.39. The molecule has 28 heavy (non-hydrogen) atoms. The van der Waals surface area contributed by atoms with Crippen LogP contribution in [0.4, 0.5) is 0 Å². The molecule has 0 aliphatic carbocycles. The van der Waals surface area contributed by atoms with E-state index >= 15 is 0 Å². The van der Waals surface area contributed by atoms with Crippen LogP contribution in [0.2, 0.25) is 0 Å². The van der Waals surface area contributed by atoms with Gasteiger partial charge in [-0.3, -0.25) is 14.4 Å². The molecule has 0 saturated heterocycles. The summed E-state index contributed by atoms with van der Waals surface area (Å²) in [5.74, 6) is -3.85. The molecule has 1 aromatic rings. The van der Waals surface area contributed by atoms with Gasteiger partial charge in [-0.15, -0.1) is 0 Å². The van der Waals surface area contributed by atoms with E-state index in [0.717, 1.165) is 0 Å². The third-order valence-electron chi connectivity index (χ3n) is 3.51. The fraction of sp³-hybridized carbons (Fsp3) is 0.579. The van der Waals surface area contributed by atoms with E-state index in [-0.39, 0.29) is 56.4 Å². The highest BCUT2D eigenvalue weighted by atomic mass is 16.6. The Bertz CT molecular complexity index is 672. The summed E-state index contributed by atoms with van der Waals surface area (Å²) in [6.45, 7) is 7.01. The quantitative estimate of drug-likeness (QED) is 0.312. The van der Waals surface area contributed by atoms with E-state index in [1.807, 2.05) is 0 Å². The molecule has 0 unspecified atom stereocenters. The zero-order chi connectivity index (χ0) is 21.1. The third-order valence-corrected chi connectivity index (χ3v) is 3.51. The molecule has 0 radical (unpaired) electrons. The largest absolute Gasteiger partial charge is 0.466 e. The Morgan fingerprint density at radius 1 is 0.857 bits per heavy atom. The Balaban J connectivity index is 3.15. The lowest BCUT2D eigenvalue weighted by Crippen LogP contribution is -2.29. The number of rotatable bonds is 11. The van der Waals surface area contributed by atoms with Gasteiger partial charge in [0.1, 0.15) is 23.5 Å². The van der Waals surface area contributed by atoms with E-state index in [4.69, 9.17) is 23.4 Å². The lowest BCUT2D eigenvalue weighted by molar-refractivity contribution is -0.161. The molecule has 0 fully saturated rings. The highest BCUT2D eigenvalue weighted by Gasteiger charge is 2.32. The van der Waals surface area contributed by atoms with Crippen LogP contribution in [0, 0.1) is 5.92 Å². The second kappa shape index (κ2) is 11.8. The maximum absolute atomic E-state index is 12.2. The number of furan rings is 1. The van der Waals surface area contributed by atoms with Gasteiger partial charge in [-0.2, -0.15) is 0 Å². The van der Waals surface area contributed by atoms with Crippen molar-refractivity contribution in [2.45, 2.75) is 40.5 Å². The lowest BCUT2D eigenvalue weighted by atomic mass is 10.0. The number of hydrogen-bond donors (Lipinski definition) is 0. The van der Waals surface area contributed by atoms with Crippen LogP contribution in [0.25, 0.3) is 0 Å². The van der Waals surface area contributed by atoms with Gasteiger partial charge in [-0.25, -0.2) is 4.79 Å². The van der Waals surface area contributed by atoms with Gasteiger partial charge >= 0.3 is 23.9 Å². The molecule has 0 bridgehead atoms. The zero-order valence-electron chi connectivity index (χ0n) is 16.6. The molecule has 9 nitrogen and oxygen atoms in total. The Morgan fingerprint density at radius 2 is 1.39 bits per heavy atom. The van der Waals surface area contributed by atoms with Crippen LogP contribution in [0.15, 0.2) is 10.5 Å². The van der Waals surface area contributed by atoms with E-state index < -0.39 is 29.8 Å². The molecule has 1 heterocycles. The summed E-state index contributed by atoms with van der Waals surface area (Å²) in [7, 11) is 0. The van der Waals surface area contributed by atoms with Crippen molar-refractivity contribution in [1.29, 1.82) is 0 Å². The maximum Gasteiger partial charge on any atom is 0.341 e.